The molecule has 3 rings (SSSR count). The molecule has 1 aliphatic heterocycles. The molecule has 110 valence electrons. The highest BCUT2D eigenvalue weighted by molar-refractivity contribution is 9.10. The van der Waals surface area contributed by atoms with Crippen LogP contribution in [0.3, 0.4) is 0 Å². The van der Waals surface area contributed by atoms with Gasteiger partial charge >= 0.3 is 0 Å². The Morgan fingerprint density at radius 3 is 2.20 bits per heavy atom. The van der Waals surface area contributed by atoms with Crippen molar-refractivity contribution >= 4 is 25.8 Å². The van der Waals surface area contributed by atoms with Crippen molar-refractivity contribution in [3.63, 3.8) is 0 Å². The summed E-state index contributed by atoms with van der Waals surface area (Å²) in [6.07, 6.45) is 3.90. The van der Waals surface area contributed by atoms with Crippen LogP contribution in [-0.4, -0.2) is 32.0 Å². The van der Waals surface area contributed by atoms with Crippen LogP contribution >= 0.6 is 15.9 Å². The first-order valence-corrected chi connectivity index (χ1v) is 9.85. The van der Waals surface area contributed by atoms with Crippen LogP contribution in [-0.2, 0) is 9.84 Å². The van der Waals surface area contributed by atoms with E-state index in [9.17, 15) is 8.42 Å². The molecule has 1 aromatic rings. The van der Waals surface area contributed by atoms with Gasteiger partial charge in [0.1, 0.15) is 9.84 Å². The van der Waals surface area contributed by atoms with Gasteiger partial charge in [-0.05, 0) is 49.3 Å². The van der Waals surface area contributed by atoms with E-state index in [-0.39, 0.29) is 0 Å². The molecule has 20 heavy (non-hydrogen) atoms. The van der Waals surface area contributed by atoms with Gasteiger partial charge in [0.05, 0.1) is 11.5 Å². The van der Waals surface area contributed by atoms with Crippen molar-refractivity contribution in [2.75, 3.05) is 11.5 Å². The molecule has 1 saturated heterocycles. The Morgan fingerprint density at radius 2 is 1.60 bits per heavy atom. The van der Waals surface area contributed by atoms with Gasteiger partial charge in [0.25, 0.3) is 0 Å². The molecule has 0 atom stereocenters. The van der Waals surface area contributed by atoms with E-state index in [1.807, 2.05) is 0 Å². The summed E-state index contributed by atoms with van der Waals surface area (Å²) < 4.78 is 23.9. The highest BCUT2D eigenvalue weighted by Crippen LogP contribution is 2.37. The van der Waals surface area contributed by atoms with Gasteiger partial charge in [0.2, 0.25) is 0 Å². The lowest BCUT2D eigenvalue weighted by atomic mass is 9.75. The Labute approximate surface area is 129 Å². The van der Waals surface area contributed by atoms with E-state index >= 15 is 0 Å². The number of sulfone groups is 1. The average molecular weight is 358 g/mol. The van der Waals surface area contributed by atoms with E-state index in [2.05, 4.69) is 45.5 Å². The molecule has 1 N–H and O–H groups in total. The van der Waals surface area contributed by atoms with Gasteiger partial charge < -0.3 is 5.32 Å². The highest BCUT2D eigenvalue weighted by Gasteiger charge is 2.33. The molecule has 3 nitrogen and oxygen atoms in total. The molecule has 0 aromatic heterocycles. The van der Waals surface area contributed by atoms with Gasteiger partial charge in [-0.3, -0.25) is 0 Å². The lowest BCUT2D eigenvalue weighted by Gasteiger charge is -2.39. The van der Waals surface area contributed by atoms with Crippen LogP contribution in [0.5, 0.6) is 0 Å². The Bertz CT molecular complexity index is 550. The number of rotatable bonds is 3. The Kier molecular flexibility index (Phi) is 4.20. The van der Waals surface area contributed by atoms with E-state index in [0.29, 0.717) is 29.5 Å². The molecule has 0 bridgehead atoms. The van der Waals surface area contributed by atoms with Gasteiger partial charge in [-0.2, -0.15) is 0 Å². The quantitative estimate of drug-likeness (QED) is 0.904. The van der Waals surface area contributed by atoms with Crippen molar-refractivity contribution in [2.45, 2.75) is 43.7 Å². The zero-order valence-corrected chi connectivity index (χ0v) is 13.8. The molecule has 5 heteroatoms. The summed E-state index contributed by atoms with van der Waals surface area (Å²) in [6.45, 7) is 0. The summed E-state index contributed by atoms with van der Waals surface area (Å²) in [7, 11) is -2.74. The smallest absolute Gasteiger partial charge is 0.150 e. The van der Waals surface area contributed by atoms with Crippen molar-refractivity contribution in [1.82, 2.24) is 5.32 Å². The lowest BCUT2D eigenvalue weighted by molar-refractivity contribution is 0.257. The Morgan fingerprint density at radius 1 is 1.00 bits per heavy atom. The minimum absolute atomic E-state index is 0.355. The molecule has 1 aliphatic carbocycles. The maximum Gasteiger partial charge on any atom is 0.150 e. The molecule has 0 amide bonds. The summed E-state index contributed by atoms with van der Waals surface area (Å²) in [5.74, 6) is 1.37. The molecule has 1 heterocycles. The van der Waals surface area contributed by atoms with E-state index in [1.165, 1.54) is 18.4 Å². The summed E-state index contributed by atoms with van der Waals surface area (Å²) in [6, 6.07) is 9.55. The van der Waals surface area contributed by atoms with Crippen molar-refractivity contribution in [1.29, 1.82) is 0 Å². The molecule has 0 unspecified atom stereocenters. The van der Waals surface area contributed by atoms with Crippen molar-refractivity contribution in [3.8, 4) is 0 Å². The first kappa shape index (κ1) is 14.5. The summed E-state index contributed by atoms with van der Waals surface area (Å²) >= 11 is 3.46. The van der Waals surface area contributed by atoms with Gasteiger partial charge in [0.15, 0.2) is 0 Å². The number of hydrogen-bond donors (Lipinski definition) is 1. The minimum Gasteiger partial charge on any atom is -0.311 e. The number of benzene rings is 1. The molecular weight excluding hydrogens is 338 g/mol. The minimum atomic E-state index is -2.74. The first-order chi connectivity index (χ1) is 9.52. The zero-order chi connectivity index (χ0) is 14.2. The second kappa shape index (κ2) is 5.78. The number of halogens is 1. The van der Waals surface area contributed by atoms with Crippen molar-refractivity contribution in [3.05, 3.63) is 34.3 Å². The third-order valence-corrected chi connectivity index (χ3v) is 6.75. The van der Waals surface area contributed by atoms with Crippen molar-refractivity contribution in [2.24, 2.45) is 0 Å². The van der Waals surface area contributed by atoms with Crippen molar-refractivity contribution < 1.29 is 8.42 Å². The second-order valence-electron chi connectivity index (χ2n) is 6.01. The van der Waals surface area contributed by atoms with Gasteiger partial charge in [-0.15, -0.1) is 0 Å². The van der Waals surface area contributed by atoms with Gasteiger partial charge in [-0.1, -0.05) is 28.1 Å². The Balaban J connectivity index is 1.46. The first-order valence-electron chi connectivity index (χ1n) is 7.24. The van der Waals surface area contributed by atoms with E-state index in [1.54, 1.807) is 0 Å². The van der Waals surface area contributed by atoms with E-state index in [0.717, 1.165) is 17.3 Å². The molecule has 0 spiro atoms. The maximum absolute atomic E-state index is 11.4. The lowest BCUT2D eigenvalue weighted by Crippen LogP contribution is -2.48. The predicted octanol–water partition coefficient (Wildman–Crippen LogP) is 2.86. The standard InChI is InChI=1S/C15H20BrNO2S/c16-13-3-1-11(2-4-13)12-9-15(10-12)17-14-5-7-20(18,19)8-6-14/h1-4,12,14-15,17H,5-10H2. The number of nitrogens with one attached hydrogen (secondary N) is 1. The zero-order valence-electron chi connectivity index (χ0n) is 11.4. The molecule has 0 radical (unpaired) electrons. The third-order valence-electron chi connectivity index (χ3n) is 4.51. The van der Waals surface area contributed by atoms with Crippen LogP contribution in [0.1, 0.15) is 37.2 Å². The van der Waals surface area contributed by atoms with Crippen LogP contribution in [0.15, 0.2) is 28.7 Å². The van der Waals surface area contributed by atoms with Crippen LogP contribution in [0.2, 0.25) is 0 Å². The molecular formula is C15H20BrNO2S. The molecule has 1 saturated carbocycles. The van der Waals surface area contributed by atoms with Crippen LogP contribution in [0.25, 0.3) is 0 Å². The monoisotopic (exact) mass is 357 g/mol. The molecule has 1 aromatic carbocycles. The fourth-order valence-electron chi connectivity index (χ4n) is 3.15. The maximum atomic E-state index is 11.4. The third kappa shape index (κ3) is 3.43. The normalized spacial score (nSPS) is 29.9. The van der Waals surface area contributed by atoms with E-state index < -0.39 is 9.84 Å². The SMILES string of the molecule is O=S1(=O)CCC(NC2CC(c3ccc(Br)cc3)C2)CC1. The molecule has 2 fully saturated rings. The summed E-state index contributed by atoms with van der Waals surface area (Å²) in [5.41, 5.74) is 1.41. The highest BCUT2D eigenvalue weighted by atomic mass is 79.9. The Hall–Kier alpha value is -0.390. The topological polar surface area (TPSA) is 46.2 Å². The van der Waals surface area contributed by atoms with Gasteiger partial charge in [0, 0.05) is 16.6 Å². The van der Waals surface area contributed by atoms with Crippen LogP contribution in [0.4, 0.5) is 0 Å². The molecule has 2 aliphatic rings. The van der Waals surface area contributed by atoms with Crippen LogP contribution in [0, 0.1) is 0 Å². The fraction of sp³-hybridized carbons (Fsp3) is 0.600. The summed E-state index contributed by atoms with van der Waals surface area (Å²) in [4.78, 5) is 0. The average Bonchev–Trinajstić information content (AvgIpc) is 2.37. The predicted molar refractivity (Wildman–Crippen MR) is 84.7 cm³/mol. The van der Waals surface area contributed by atoms with Gasteiger partial charge in [-0.25, -0.2) is 8.42 Å². The summed E-state index contributed by atoms with van der Waals surface area (Å²) in [5, 5.41) is 3.63. The van der Waals surface area contributed by atoms with Crippen LogP contribution < -0.4 is 5.32 Å². The van der Waals surface area contributed by atoms with E-state index in [4.69, 9.17) is 0 Å². The number of hydrogen-bond acceptors (Lipinski definition) is 3. The largest absolute Gasteiger partial charge is 0.311 e. The fourth-order valence-corrected chi connectivity index (χ4v) is 4.91. The second-order valence-corrected chi connectivity index (χ2v) is 9.23.